The highest BCUT2D eigenvalue weighted by atomic mass is 32.1. The van der Waals surface area contributed by atoms with E-state index in [9.17, 15) is 0 Å². The van der Waals surface area contributed by atoms with E-state index in [4.69, 9.17) is 9.47 Å². The predicted molar refractivity (Wildman–Crippen MR) is 42.0 cm³/mol. The van der Waals surface area contributed by atoms with Crippen LogP contribution in [0.25, 0.3) is 0 Å². The number of ether oxygens (including phenoxy) is 2. The van der Waals surface area contributed by atoms with Crippen LogP contribution in [0.2, 0.25) is 0 Å². The molecule has 0 saturated heterocycles. The first kappa shape index (κ1) is 7.41. The molecule has 56 valence electrons. The van der Waals surface area contributed by atoms with Crippen LogP contribution in [0.1, 0.15) is 7.43 Å². The minimum Gasteiger partial charge on any atom is -0.485 e. The lowest BCUT2D eigenvalue weighted by Crippen LogP contribution is -2.13. The molecule has 1 aromatic heterocycles. The zero-order valence-corrected chi connectivity index (χ0v) is 5.61. The molecule has 0 fully saturated rings. The summed E-state index contributed by atoms with van der Waals surface area (Å²) in [6.45, 7) is 1.37. The van der Waals surface area contributed by atoms with Crippen molar-refractivity contribution in [2.24, 2.45) is 0 Å². The van der Waals surface area contributed by atoms with Crippen LogP contribution in [0.15, 0.2) is 10.8 Å². The van der Waals surface area contributed by atoms with Crippen LogP contribution in [0, 0.1) is 0 Å². The first-order valence-electron chi connectivity index (χ1n) is 2.78. The fourth-order valence-corrected chi connectivity index (χ4v) is 1.47. The Labute approximate surface area is 64.4 Å². The average molecular weight is 158 g/mol. The van der Waals surface area contributed by atoms with Crippen molar-refractivity contribution in [2.45, 2.75) is 7.43 Å². The quantitative estimate of drug-likeness (QED) is 0.576. The second kappa shape index (κ2) is 2.92. The summed E-state index contributed by atoms with van der Waals surface area (Å²) in [5, 5.41) is 3.91. The maximum atomic E-state index is 5.25. The molecule has 1 aliphatic rings. The highest BCUT2D eigenvalue weighted by molar-refractivity contribution is 7.08. The number of hydrogen-bond acceptors (Lipinski definition) is 3. The minimum atomic E-state index is 0. The van der Waals surface area contributed by atoms with E-state index in [1.54, 1.807) is 11.3 Å². The van der Waals surface area contributed by atoms with E-state index in [0.717, 1.165) is 11.5 Å². The Bertz CT molecular complexity index is 187. The van der Waals surface area contributed by atoms with Crippen molar-refractivity contribution in [3.8, 4) is 11.5 Å². The number of hydrogen-bond donors (Lipinski definition) is 0. The first-order valence-corrected chi connectivity index (χ1v) is 3.73. The van der Waals surface area contributed by atoms with Gasteiger partial charge in [0, 0.05) is 10.8 Å². The van der Waals surface area contributed by atoms with Gasteiger partial charge in [0.2, 0.25) is 0 Å². The molecular weight excluding hydrogens is 148 g/mol. The van der Waals surface area contributed by atoms with Crippen molar-refractivity contribution in [1.29, 1.82) is 0 Å². The van der Waals surface area contributed by atoms with Gasteiger partial charge in [0.05, 0.1) is 0 Å². The van der Waals surface area contributed by atoms with Crippen LogP contribution in [-0.2, 0) is 0 Å². The maximum Gasteiger partial charge on any atom is 0.172 e. The van der Waals surface area contributed by atoms with Crippen molar-refractivity contribution in [1.82, 2.24) is 0 Å². The normalized spacial score (nSPS) is 14.0. The second-order valence-electron chi connectivity index (χ2n) is 1.80. The van der Waals surface area contributed by atoms with Gasteiger partial charge in [-0.15, -0.1) is 11.3 Å². The predicted octanol–water partition coefficient (Wildman–Crippen LogP) is 2.16. The number of fused-ring (bicyclic) bond motifs is 1. The third-order valence-electron chi connectivity index (χ3n) is 1.19. The zero-order chi connectivity index (χ0) is 6.10. The van der Waals surface area contributed by atoms with Gasteiger partial charge in [0.1, 0.15) is 13.2 Å². The van der Waals surface area contributed by atoms with Crippen molar-refractivity contribution in [3.63, 3.8) is 0 Å². The molecule has 2 nitrogen and oxygen atoms in total. The Morgan fingerprint density at radius 2 is 1.60 bits per heavy atom. The summed E-state index contributed by atoms with van der Waals surface area (Å²) in [6, 6.07) is 0. The van der Waals surface area contributed by atoms with E-state index in [2.05, 4.69) is 0 Å². The van der Waals surface area contributed by atoms with Gasteiger partial charge in [-0.05, 0) is 0 Å². The minimum absolute atomic E-state index is 0. The highest BCUT2D eigenvalue weighted by Gasteiger charge is 2.10. The van der Waals surface area contributed by atoms with Gasteiger partial charge in [-0.3, -0.25) is 0 Å². The van der Waals surface area contributed by atoms with Crippen LogP contribution >= 0.6 is 11.3 Å². The third-order valence-corrected chi connectivity index (χ3v) is 1.89. The third kappa shape index (κ3) is 1.09. The molecule has 0 aliphatic carbocycles. The van der Waals surface area contributed by atoms with E-state index >= 15 is 0 Å². The van der Waals surface area contributed by atoms with Gasteiger partial charge in [-0.1, -0.05) is 7.43 Å². The molecule has 0 bridgehead atoms. The zero-order valence-electron chi connectivity index (χ0n) is 4.79. The van der Waals surface area contributed by atoms with Gasteiger partial charge in [-0.2, -0.15) is 0 Å². The Balaban J connectivity index is 0.000000500. The number of thiophene rings is 1. The van der Waals surface area contributed by atoms with Crippen molar-refractivity contribution in [2.75, 3.05) is 13.2 Å². The Hall–Kier alpha value is -0.700. The molecule has 0 aromatic carbocycles. The summed E-state index contributed by atoms with van der Waals surface area (Å²) in [7, 11) is 0. The summed E-state index contributed by atoms with van der Waals surface area (Å²) < 4.78 is 10.5. The monoisotopic (exact) mass is 158 g/mol. The molecule has 0 amide bonds. The number of rotatable bonds is 0. The van der Waals surface area contributed by atoms with Gasteiger partial charge >= 0.3 is 0 Å². The molecule has 0 saturated carbocycles. The molecule has 0 atom stereocenters. The molecule has 2 heterocycles. The van der Waals surface area contributed by atoms with Gasteiger partial charge in [0.15, 0.2) is 11.5 Å². The van der Waals surface area contributed by atoms with Crippen LogP contribution in [0.5, 0.6) is 11.5 Å². The van der Waals surface area contributed by atoms with E-state index in [0.29, 0.717) is 13.2 Å². The molecule has 2 rings (SSSR count). The molecular formula is C7H10O2S. The molecule has 0 spiro atoms. The second-order valence-corrected chi connectivity index (χ2v) is 2.54. The van der Waals surface area contributed by atoms with E-state index < -0.39 is 0 Å². The van der Waals surface area contributed by atoms with Crippen LogP contribution in [0.4, 0.5) is 0 Å². The fourth-order valence-electron chi connectivity index (χ4n) is 0.787. The van der Waals surface area contributed by atoms with E-state index in [1.165, 1.54) is 0 Å². The molecule has 0 unspecified atom stereocenters. The summed E-state index contributed by atoms with van der Waals surface area (Å²) in [4.78, 5) is 0. The fraction of sp³-hybridized carbons (Fsp3) is 0.429. The molecule has 0 radical (unpaired) electrons. The first-order chi connectivity index (χ1) is 4.47. The lowest BCUT2D eigenvalue weighted by atomic mass is 10.5. The molecule has 1 aromatic rings. The molecule has 3 heteroatoms. The Morgan fingerprint density at radius 3 is 2.10 bits per heavy atom. The maximum absolute atomic E-state index is 5.25. The SMILES string of the molecule is C.c1scc2c1OCCO2. The van der Waals surface area contributed by atoms with E-state index in [-0.39, 0.29) is 7.43 Å². The highest BCUT2D eigenvalue weighted by Crippen LogP contribution is 2.33. The summed E-state index contributed by atoms with van der Waals surface area (Å²) in [6.07, 6.45) is 0. The molecule has 1 aliphatic heterocycles. The van der Waals surface area contributed by atoms with Gasteiger partial charge < -0.3 is 9.47 Å². The average Bonchev–Trinajstić information content (AvgIpc) is 2.33. The van der Waals surface area contributed by atoms with Crippen LogP contribution in [0.3, 0.4) is 0 Å². The standard InChI is InChI=1S/C6H6O2S.CH4/c1-2-8-6-4-9-3-5(6)7-1;/h3-4H,1-2H2;1H4. The summed E-state index contributed by atoms with van der Waals surface area (Å²) in [5.74, 6) is 1.79. The Morgan fingerprint density at radius 1 is 1.10 bits per heavy atom. The largest absolute Gasteiger partial charge is 0.485 e. The van der Waals surface area contributed by atoms with Gasteiger partial charge in [-0.25, -0.2) is 0 Å². The lowest BCUT2D eigenvalue weighted by Gasteiger charge is -2.13. The van der Waals surface area contributed by atoms with Crippen molar-refractivity contribution < 1.29 is 9.47 Å². The van der Waals surface area contributed by atoms with Crippen molar-refractivity contribution >= 4 is 11.3 Å². The molecule has 0 N–H and O–H groups in total. The van der Waals surface area contributed by atoms with Crippen LogP contribution in [-0.4, -0.2) is 13.2 Å². The summed E-state index contributed by atoms with van der Waals surface area (Å²) in [5.41, 5.74) is 0. The summed E-state index contributed by atoms with van der Waals surface area (Å²) >= 11 is 1.61. The van der Waals surface area contributed by atoms with Crippen molar-refractivity contribution in [3.05, 3.63) is 10.8 Å². The Kier molecular flexibility index (Phi) is 2.17. The van der Waals surface area contributed by atoms with Crippen LogP contribution < -0.4 is 9.47 Å². The smallest absolute Gasteiger partial charge is 0.172 e. The van der Waals surface area contributed by atoms with E-state index in [1.807, 2.05) is 10.8 Å². The topological polar surface area (TPSA) is 18.5 Å². The lowest BCUT2D eigenvalue weighted by molar-refractivity contribution is 0.173. The van der Waals surface area contributed by atoms with Gasteiger partial charge in [0.25, 0.3) is 0 Å². The molecule has 10 heavy (non-hydrogen) atoms.